The molecule has 346 valence electrons. The number of aromatic nitrogens is 2. The average molecular weight is 892 g/mol. The Hall–Kier alpha value is -1.61. The van der Waals surface area contributed by atoms with Crippen LogP contribution in [0.2, 0.25) is 0 Å². The molecule has 0 aromatic carbocycles. The van der Waals surface area contributed by atoms with Crippen molar-refractivity contribution in [1.29, 1.82) is 0 Å². The number of nitrogen functional groups attached to an aromatic ring is 1. The molecule has 1 fully saturated rings. The van der Waals surface area contributed by atoms with Crippen molar-refractivity contribution in [3.8, 4) is 0 Å². The Morgan fingerprint density at radius 1 is 0.787 bits per heavy atom. The molecule has 2 rings (SSSR count). The van der Waals surface area contributed by atoms with Crippen LogP contribution in [-0.2, 0) is 37.4 Å². The number of phosphoric acid groups is 1. The van der Waals surface area contributed by atoms with Crippen molar-refractivity contribution in [1.82, 2.24) is 9.55 Å². The first-order valence-electron chi connectivity index (χ1n) is 23.3. The fourth-order valence-corrected chi connectivity index (χ4v) is 8.01. The van der Waals surface area contributed by atoms with Crippen molar-refractivity contribution in [3.63, 3.8) is 0 Å². The smallest absolute Gasteiger partial charge is 0.756 e. The van der Waals surface area contributed by atoms with Gasteiger partial charge in [-0.3, -0.25) is 18.7 Å². The van der Waals surface area contributed by atoms with Crippen LogP contribution in [0.5, 0.6) is 0 Å². The normalized spacial score (nSPS) is 17.8. The number of nitrogens with two attached hydrogens (primary N) is 1. The molecule has 61 heavy (non-hydrogen) atoms. The molecule has 0 radical (unpaired) electrons. The summed E-state index contributed by atoms with van der Waals surface area (Å²) in [5.41, 5.74) is 4.91. The maximum Gasteiger partial charge on any atom is 1.00 e. The summed E-state index contributed by atoms with van der Waals surface area (Å²) in [6.45, 7) is 6.55. The number of unbranched alkanes of at least 4 members (excludes halogenated alkanes) is 24. The molecule has 2 heterocycles. The van der Waals surface area contributed by atoms with Crippen molar-refractivity contribution in [2.75, 3.05) is 25.6 Å². The number of rotatable bonds is 38. The summed E-state index contributed by atoms with van der Waals surface area (Å²) >= 11 is 0. The van der Waals surface area contributed by atoms with Crippen LogP contribution in [0, 0.1) is 0 Å². The van der Waals surface area contributed by atoms with Gasteiger partial charge in [0.05, 0.1) is 13.2 Å². The SMILES string of the molecule is C=C1[C@H](n2ccc(N)nc2=O)O[C@H](COP(=O)([O-])OC[C@@H](COC(=O)CCCCCCCCCCCCCCC)OC(=O)CCCCCCCCCCCCCCC)[C@H]1O.[Na+]. The zero-order valence-corrected chi connectivity index (χ0v) is 40.9. The molecule has 0 amide bonds. The average Bonchev–Trinajstić information content (AvgIpc) is 3.50. The van der Waals surface area contributed by atoms with Gasteiger partial charge in [-0.15, -0.1) is 0 Å². The third-order valence-electron chi connectivity index (χ3n) is 11.0. The predicted molar refractivity (Wildman–Crippen MR) is 233 cm³/mol. The van der Waals surface area contributed by atoms with Crippen LogP contribution in [0.15, 0.2) is 29.2 Å². The summed E-state index contributed by atoms with van der Waals surface area (Å²) in [6, 6.07) is 1.37. The van der Waals surface area contributed by atoms with E-state index >= 15 is 0 Å². The van der Waals surface area contributed by atoms with Crippen LogP contribution in [0.3, 0.4) is 0 Å². The first kappa shape index (κ1) is 57.4. The summed E-state index contributed by atoms with van der Waals surface area (Å²) in [5.74, 6) is -1.01. The van der Waals surface area contributed by atoms with Gasteiger partial charge in [-0.25, -0.2) is 4.79 Å². The monoisotopic (exact) mass is 892 g/mol. The Morgan fingerprint density at radius 2 is 1.23 bits per heavy atom. The number of anilines is 1. The van der Waals surface area contributed by atoms with Gasteiger partial charge >= 0.3 is 47.2 Å². The standard InChI is InChI=1S/C45H80N3O11P.Na/c1-4-6-8-10-12-14-16-18-20-22-24-26-28-30-41(49)55-34-38(58-42(50)31-29-27-25-23-21-19-17-15-13-11-9-7-5-2)35-56-60(53,54)57-36-39-43(51)37(3)44(59-39)48-33-32-40(46)47-45(48)52;/h32-33,38-39,43-44,51H,3-31,34-36H2,1-2H3,(H,53,54)(H2,46,47,52);/q;+1/p-1/t38-,39-,43+,44-;/m1./s1. The summed E-state index contributed by atoms with van der Waals surface area (Å²) in [6.07, 6.45) is 27.4. The number of carbonyl (C=O) groups excluding carboxylic acids is 2. The molecule has 0 spiro atoms. The molecule has 1 saturated heterocycles. The number of aliphatic hydroxyl groups excluding tert-OH is 1. The molecule has 0 aliphatic carbocycles. The molecule has 0 bridgehead atoms. The van der Waals surface area contributed by atoms with E-state index in [1.807, 2.05) is 0 Å². The quantitative estimate of drug-likeness (QED) is 0.0238. The fraction of sp³-hybridized carbons (Fsp3) is 0.822. The molecule has 1 aromatic rings. The Morgan fingerprint density at radius 3 is 1.69 bits per heavy atom. The molecular formula is C45H79N3NaO11P. The molecule has 0 saturated carbocycles. The molecule has 1 unspecified atom stereocenters. The third kappa shape index (κ3) is 27.4. The largest absolute Gasteiger partial charge is 1.00 e. The molecule has 1 aliphatic heterocycles. The third-order valence-corrected chi connectivity index (χ3v) is 11.9. The van der Waals surface area contributed by atoms with Gasteiger partial charge in [0.2, 0.25) is 0 Å². The number of ether oxygens (including phenoxy) is 3. The van der Waals surface area contributed by atoms with Crippen LogP contribution in [-0.4, -0.2) is 64.7 Å². The zero-order chi connectivity index (χ0) is 43.9. The van der Waals surface area contributed by atoms with Gasteiger partial charge < -0.3 is 39.0 Å². The Labute approximate surface area is 388 Å². The fourth-order valence-electron chi connectivity index (χ4n) is 7.26. The number of hydrogen-bond donors (Lipinski definition) is 2. The van der Waals surface area contributed by atoms with Crippen LogP contribution < -0.4 is 45.9 Å². The number of hydrogen-bond acceptors (Lipinski definition) is 13. The van der Waals surface area contributed by atoms with Crippen molar-refractivity contribution in [2.24, 2.45) is 0 Å². The predicted octanol–water partition coefficient (Wildman–Crippen LogP) is 6.56. The van der Waals surface area contributed by atoms with E-state index in [0.29, 0.717) is 12.8 Å². The van der Waals surface area contributed by atoms with Crippen molar-refractivity contribution >= 4 is 25.6 Å². The minimum Gasteiger partial charge on any atom is -0.756 e. The van der Waals surface area contributed by atoms with E-state index in [-0.39, 0.29) is 60.4 Å². The van der Waals surface area contributed by atoms with Gasteiger partial charge in [0, 0.05) is 24.6 Å². The second kappa shape index (κ2) is 35.7. The number of carbonyl (C=O) groups is 2. The Bertz CT molecular complexity index is 1430. The number of phosphoric ester groups is 1. The number of aliphatic hydroxyl groups is 1. The molecular weight excluding hydrogens is 812 g/mol. The van der Waals surface area contributed by atoms with Gasteiger partial charge in [0.1, 0.15) is 24.6 Å². The van der Waals surface area contributed by atoms with Gasteiger partial charge in [-0.2, -0.15) is 4.98 Å². The summed E-state index contributed by atoms with van der Waals surface area (Å²) in [4.78, 5) is 54.1. The first-order chi connectivity index (χ1) is 29.0. The van der Waals surface area contributed by atoms with Crippen LogP contribution in [0.4, 0.5) is 5.82 Å². The van der Waals surface area contributed by atoms with Crippen molar-refractivity contribution in [3.05, 3.63) is 34.9 Å². The molecule has 1 aromatic heterocycles. The van der Waals surface area contributed by atoms with Crippen LogP contribution in [0.25, 0.3) is 0 Å². The minimum absolute atomic E-state index is 0. The molecule has 16 heteroatoms. The van der Waals surface area contributed by atoms with Crippen LogP contribution in [0.1, 0.15) is 200 Å². The Kier molecular flexibility index (Phi) is 33.6. The van der Waals surface area contributed by atoms with Crippen LogP contribution >= 0.6 is 7.82 Å². The van der Waals surface area contributed by atoms with E-state index in [4.69, 9.17) is 29.0 Å². The maximum atomic E-state index is 12.8. The van der Waals surface area contributed by atoms with E-state index in [9.17, 15) is 28.9 Å². The first-order valence-corrected chi connectivity index (χ1v) is 24.8. The van der Waals surface area contributed by atoms with E-state index in [0.717, 1.165) is 43.1 Å². The molecule has 1 aliphatic rings. The van der Waals surface area contributed by atoms with Gasteiger partial charge in [0.25, 0.3) is 7.82 Å². The topological polar surface area (TPSA) is 202 Å². The summed E-state index contributed by atoms with van der Waals surface area (Å²) in [5, 5.41) is 10.6. The molecule has 14 nitrogen and oxygen atoms in total. The zero-order valence-electron chi connectivity index (χ0n) is 38.0. The van der Waals surface area contributed by atoms with Crippen molar-refractivity contribution < 1.29 is 77.0 Å². The minimum atomic E-state index is -5.04. The molecule has 5 atom stereocenters. The van der Waals surface area contributed by atoms with Gasteiger partial charge in [0.15, 0.2) is 12.3 Å². The second-order valence-corrected chi connectivity index (χ2v) is 17.8. The Balaban J connectivity index is 0.0000186. The molecule has 3 N–H and O–H groups in total. The van der Waals surface area contributed by atoms with E-state index in [1.165, 1.54) is 128 Å². The number of esters is 2. The number of nitrogens with zero attached hydrogens (tertiary/aromatic N) is 2. The van der Waals surface area contributed by atoms with Gasteiger partial charge in [-0.05, 0) is 18.9 Å². The van der Waals surface area contributed by atoms with E-state index < -0.39 is 63.2 Å². The maximum absolute atomic E-state index is 12.8. The summed E-state index contributed by atoms with van der Waals surface area (Å²) in [7, 11) is -5.04. The summed E-state index contributed by atoms with van der Waals surface area (Å²) < 4.78 is 40.6. The second-order valence-electron chi connectivity index (χ2n) is 16.4. The van der Waals surface area contributed by atoms with Gasteiger partial charge in [-0.1, -0.05) is 175 Å². The van der Waals surface area contributed by atoms with E-state index in [1.54, 1.807) is 0 Å². The van der Waals surface area contributed by atoms with Crippen molar-refractivity contribution in [2.45, 2.75) is 218 Å². The van der Waals surface area contributed by atoms with E-state index in [2.05, 4.69) is 25.4 Å².